The number of benzene rings is 12. The zero-order valence-corrected chi connectivity index (χ0v) is 35.8. The summed E-state index contributed by atoms with van der Waals surface area (Å²) in [7, 11) is 0. The van der Waals surface area contributed by atoms with Gasteiger partial charge in [-0.15, -0.1) is 0 Å². The molecule has 1 aliphatic heterocycles. The van der Waals surface area contributed by atoms with E-state index in [1.165, 1.54) is 119 Å². The molecular formula is C63H40S. The van der Waals surface area contributed by atoms with Gasteiger partial charge in [-0.1, -0.05) is 242 Å². The average molecular weight is 829 g/mol. The van der Waals surface area contributed by atoms with Crippen molar-refractivity contribution < 1.29 is 0 Å². The van der Waals surface area contributed by atoms with Crippen molar-refractivity contribution in [3.8, 4) is 33.4 Å². The Balaban J connectivity index is 1.12. The summed E-state index contributed by atoms with van der Waals surface area (Å²) < 4.78 is 0. The maximum atomic E-state index is 2.43. The lowest BCUT2D eigenvalue weighted by atomic mass is 9.62. The molecule has 0 aliphatic carbocycles. The summed E-state index contributed by atoms with van der Waals surface area (Å²) in [5.74, 6) is 0. The van der Waals surface area contributed by atoms with Crippen LogP contribution in [0.15, 0.2) is 252 Å². The van der Waals surface area contributed by atoms with E-state index >= 15 is 0 Å². The van der Waals surface area contributed by atoms with Crippen molar-refractivity contribution in [3.05, 3.63) is 265 Å². The molecular weight excluding hydrogens is 789 g/mol. The zero-order valence-electron chi connectivity index (χ0n) is 35.0. The number of hydrogen-bond acceptors (Lipinski definition) is 1. The Kier molecular flexibility index (Phi) is 8.48. The molecule has 298 valence electrons. The van der Waals surface area contributed by atoms with Gasteiger partial charge in [-0.05, 0) is 122 Å². The van der Waals surface area contributed by atoms with Crippen LogP contribution in [0.5, 0.6) is 0 Å². The quantitative estimate of drug-likeness (QED) is 0.156. The van der Waals surface area contributed by atoms with Gasteiger partial charge in [0.2, 0.25) is 0 Å². The number of hydrogen-bond donors (Lipinski definition) is 0. The Morgan fingerprint density at radius 3 is 0.953 bits per heavy atom. The van der Waals surface area contributed by atoms with E-state index in [0.717, 1.165) is 0 Å². The molecule has 0 nitrogen and oxygen atoms in total. The molecule has 0 bridgehead atoms. The highest BCUT2D eigenvalue weighted by Crippen LogP contribution is 2.62. The summed E-state index contributed by atoms with van der Waals surface area (Å²) in [5, 5.41) is 12.8. The normalized spacial score (nSPS) is 13.1. The first-order chi connectivity index (χ1) is 31.7. The fourth-order valence-electron chi connectivity index (χ4n) is 10.8. The van der Waals surface area contributed by atoms with E-state index < -0.39 is 5.41 Å². The highest BCUT2D eigenvalue weighted by molar-refractivity contribution is 8.00. The predicted octanol–water partition coefficient (Wildman–Crippen LogP) is 17.3. The van der Waals surface area contributed by atoms with Gasteiger partial charge in [-0.2, -0.15) is 0 Å². The smallest absolute Gasteiger partial charge is 0.0736 e. The molecule has 0 spiro atoms. The SMILES string of the molecule is c1ccc(-c2ccc(C3(c4ccc(-c5ccc6cc(-c7ccccc7)ccc6c5)cc4)c4c(c5ccccc5c5ccccc45)Sc4c3c3ccccc3c3ccccc43)cc2)cc1. The van der Waals surface area contributed by atoms with E-state index in [4.69, 9.17) is 0 Å². The van der Waals surface area contributed by atoms with E-state index in [1.54, 1.807) is 0 Å². The lowest BCUT2D eigenvalue weighted by molar-refractivity contribution is 0.724. The second-order valence-corrected chi connectivity index (χ2v) is 18.1. The highest BCUT2D eigenvalue weighted by atomic mass is 32.2. The zero-order chi connectivity index (χ0) is 42.2. The molecule has 0 saturated heterocycles. The molecule has 0 unspecified atom stereocenters. The van der Waals surface area contributed by atoms with Crippen LogP contribution in [0.4, 0.5) is 0 Å². The Bertz CT molecular complexity index is 3650. The molecule has 12 aromatic rings. The molecule has 1 heterocycles. The van der Waals surface area contributed by atoms with Crippen molar-refractivity contribution >= 4 is 65.6 Å². The van der Waals surface area contributed by atoms with Crippen LogP contribution in [0.25, 0.3) is 87.2 Å². The van der Waals surface area contributed by atoms with Crippen molar-refractivity contribution in [2.75, 3.05) is 0 Å². The Morgan fingerprint density at radius 1 is 0.234 bits per heavy atom. The topological polar surface area (TPSA) is 0 Å². The minimum Gasteiger partial charge on any atom is -0.0880 e. The second-order valence-electron chi connectivity index (χ2n) is 17.1. The van der Waals surface area contributed by atoms with Crippen LogP contribution < -0.4 is 0 Å². The molecule has 0 radical (unpaired) electrons. The van der Waals surface area contributed by atoms with Crippen LogP contribution in [0.2, 0.25) is 0 Å². The third kappa shape index (κ3) is 5.58. The third-order valence-corrected chi connectivity index (χ3v) is 15.0. The Morgan fingerprint density at radius 2 is 0.531 bits per heavy atom. The average Bonchev–Trinajstić information content (AvgIpc) is 3.38. The van der Waals surface area contributed by atoms with Gasteiger partial charge in [0, 0.05) is 9.79 Å². The van der Waals surface area contributed by atoms with Gasteiger partial charge in [0.05, 0.1) is 5.41 Å². The number of rotatable bonds is 5. The summed E-state index contributed by atoms with van der Waals surface area (Å²) in [6.45, 7) is 0. The van der Waals surface area contributed by atoms with Gasteiger partial charge < -0.3 is 0 Å². The first kappa shape index (κ1) is 36.9. The minimum absolute atomic E-state index is 0.700. The molecule has 13 rings (SSSR count). The summed E-state index contributed by atoms with van der Waals surface area (Å²) in [6, 6.07) is 90.6. The monoisotopic (exact) mass is 828 g/mol. The molecule has 0 amide bonds. The maximum absolute atomic E-state index is 2.43. The standard InChI is InChI=1S/C63H40S/c1-3-15-41(16-4-1)43-31-35-49(36-32-43)63(50-37-33-44(34-38-50)46-28-30-47-39-45(27-29-48(47)40-46)42-17-5-2-6-18-42)59-55-23-11-7-19-51(55)53-21-9-13-25-57(53)61(59)64-62-58-26-14-10-22-54(58)52-20-8-12-24-56(52)60(62)63/h1-40H. The molecule has 1 heteroatoms. The summed E-state index contributed by atoms with van der Waals surface area (Å²) in [6.07, 6.45) is 0. The Labute approximate surface area is 377 Å². The van der Waals surface area contributed by atoms with Crippen molar-refractivity contribution in [1.82, 2.24) is 0 Å². The molecule has 0 saturated carbocycles. The van der Waals surface area contributed by atoms with Crippen LogP contribution >= 0.6 is 11.8 Å². The van der Waals surface area contributed by atoms with Crippen molar-refractivity contribution in [1.29, 1.82) is 0 Å². The van der Waals surface area contributed by atoms with E-state index in [0.29, 0.717) is 0 Å². The lowest BCUT2D eigenvalue weighted by Crippen LogP contribution is -2.35. The van der Waals surface area contributed by atoms with Crippen LogP contribution in [-0.4, -0.2) is 0 Å². The fourth-order valence-corrected chi connectivity index (χ4v) is 12.3. The molecule has 1 aliphatic rings. The van der Waals surface area contributed by atoms with Crippen molar-refractivity contribution in [3.63, 3.8) is 0 Å². The second kappa shape index (κ2) is 14.7. The third-order valence-electron chi connectivity index (χ3n) is 13.7. The molecule has 64 heavy (non-hydrogen) atoms. The molecule has 0 fully saturated rings. The highest BCUT2D eigenvalue weighted by Gasteiger charge is 2.48. The maximum Gasteiger partial charge on any atom is 0.0736 e. The first-order valence-corrected chi connectivity index (χ1v) is 23.0. The largest absolute Gasteiger partial charge is 0.0880 e. The molecule has 0 aromatic heterocycles. The summed E-state index contributed by atoms with van der Waals surface area (Å²) in [4.78, 5) is 2.64. The van der Waals surface area contributed by atoms with Crippen LogP contribution in [-0.2, 0) is 5.41 Å². The molecule has 0 atom stereocenters. The predicted molar refractivity (Wildman–Crippen MR) is 273 cm³/mol. The van der Waals surface area contributed by atoms with Crippen LogP contribution in [0, 0.1) is 0 Å². The minimum atomic E-state index is -0.700. The van der Waals surface area contributed by atoms with Crippen LogP contribution in [0.1, 0.15) is 22.3 Å². The van der Waals surface area contributed by atoms with E-state index in [9.17, 15) is 0 Å². The van der Waals surface area contributed by atoms with E-state index in [1.807, 2.05) is 11.8 Å². The van der Waals surface area contributed by atoms with Gasteiger partial charge in [-0.25, -0.2) is 0 Å². The number of fused-ring (bicyclic) bond motifs is 13. The van der Waals surface area contributed by atoms with Gasteiger partial charge >= 0.3 is 0 Å². The fraction of sp³-hybridized carbons (Fsp3) is 0.0159. The molecule has 12 aromatic carbocycles. The van der Waals surface area contributed by atoms with Gasteiger partial charge in [0.25, 0.3) is 0 Å². The summed E-state index contributed by atoms with van der Waals surface area (Å²) >= 11 is 1.96. The van der Waals surface area contributed by atoms with Gasteiger partial charge in [0.15, 0.2) is 0 Å². The van der Waals surface area contributed by atoms with Crippen molar-refractivity contribution in [2.24, 2.45) is 0 Å². The van der Waals surface area contributed by atoms with Crippen molar-refractivity contribution in [2.45, 2.75) is 15.2 Å². The first-order valence-electron chi connectivity index (χ1n) is 22.2. The van der Waals surface area contributed by atoms with Gasteiger partial charge in [-0.3, -0.25) is 0 Å². The Hall–Kier alpha value is -7.71. The van der Waals surface area contributed by atoms with Crippen LogP contribution in [0.3, 0.4) is 0 Å². The van der Waals surface area contributed by atoms with Gasteiger partial charge in [0.1, 0.15) is 0 Å². The van der Waals surface area contributed by atoms with E-state index in [-0.39, 0.29) is 0 Å². The molecule has 0 N–H and O–H groups in total. The lowest BCUT2D eigenvalue weighted by Gasteiger charge is -2.44. The van der Waals surface area contributed by atoms with E-state index in [2.05, 4.69) is 243 Å². The summed E-state index contributed by atoms with van der Waals surface area (Å²) in [5.41, 5.74) is 11.8.